The lowest BCUT2D eigenvalue weighted by Gasteiger charge is -2.15. The fraction of sp³-hybridized carbons (Fsp3) is 0.0476. The van der Waals surface area contributed by atoms with Crippen LogP contribution in [0.4, 0.5) is 0 Å². The van der Waals surface area contributed by atoms with E-state index in [0.717, 1.165) is 33.4 Å². The third-order valence-corrected chi connectivity index (χ3v) is 4.42. The molecule has 0 amide bonds. The normalized spacial score (nSPS) is 12.2. The topological polar surface area (TPSA) is 30.7 Å². The summed E-state index contributed by atoms with van der Waals surface area (Å²) in [5, 5.41) is 8.73. The van der Waals surface area contributed by atoms with Gasteiger partial charge in [0, 0.05) is 11.1 Å². The van der Waals surface area contributed by atoms with Crippen molar-refractivity contribution in [3.05, 3.63) is 96.1 Å². The zero-order valence-corrected chi connectivity index (χ0v) is 14.3. The number of nitrogens with zero attached hydrogens (tertiary/aromatic N) is 3. The Bertz CT molecular complexity index is 1020. The van der Waals surface area contributed by atoms with Crippen LogP contribution < -0.4 is 0 Å². The van der Waals surface area contributed by atoms with Gasteiger partial charge in [-0.05, 0) is 17.7 Å². The molecule has 0 spiro atoms. The number of hydrogen-bond acceptors (Lipinski definition) is 2. The first kappa shape index (κ1) is 15.6. The Hall–Kier alpha value is -2.91. The maximum absolute atomic E-state index is 6.40. The van der Waals surface area contributed by atoms with Crippen LogP contribution in [0.15, 0.2) is 84.9 Å². The van der Waals surface area contributed by atoms with Gasteiger partial charge in [0.1, 0.15) is 5.52 Å². The van der Waals surface area contributed by atoms with Crippen molar-refractivity contribution in [1.82, 2.24) is 15.0 Å². The Morgan fingerprint density at radius 1 is 0.760 bits per heavy atom. The number of para-hydroxylation sites is 1. The number of allylic oxidation sites excluding steroid dienone is 1. The predicted octanol–water partition coefficient (Wildman–Crippen LogP) is 5.09. The highest BCUT2D eigenvalue weighted by Gasteiger charge is 2.16. The monoisotopic (exact) mass is 345 g/mol. The molecule has 3 aromatic carbocycles. The summed E-state index contributed by atoms with van der Waals surface area (Å²) in [4.78, 5) is 0. The molecule has 122 valence electrons. The Labute approximate surface area is 151 Å². The summed E-state index contributed by atoms with van der Waals surface area (Å²) in [5.74, 6) is 0.377. The lowest BCUT2D eigenvalue weighted by molar-refractivity contribution is 0.841. The predicted molar refractivity (Wildman–Crippen MR) is 103 cm³/mol. The average molecular weight is 346 g/mol. The molecule has 25 heavy (non-hydrogen) atoms. The third-order valence-electron chi connectivity index (χ3n) is 4.15. The second-order valence-electron chi connectivity index (χ2n) is 5.68. The molecular weight excluding hydrogens is 330 g/mol. The first-order chi connectivity index (χ1) is 12.4. The van der Waals surface area contributed by atoms with E-state index >= 15 is 0 Å². The molecular formula is C21H16ClN3. The molecule has 4 rings (SSSR count). The summed E-state index contributed by atoms with van der Waals surface area (Å²) in [6.07, 6.45) is 0. The van der Waals surface area contributed by atoms with E-state index in [1.165, 1.54) is 0 Å². The molecule has 0 radical (unpaired) electrons. The highest BCUT2D eigenvalue weighted by molar-refractivity contribution is 6.25. The molecule has 4 aromatic rings. The van der Waals surface area contributed by atoms with E-state index in [4.69, 9.17) is 11.6 Å². The van der Waals surface area contributed by atoms with Crippen molar-refractivity contribution >= 4 is 33.9 Å². The maximum atomic E-state index is 6.40. The summed E-state index contributed by atoms with van der Waals surface area (Å²) in [6.45, 7) is 0. The lowest BCUT2D eigenvalue weighted by atomic mass is 10.0. The maximum Gasteiger partial charge on any atom is 0.113 e. The van der Waals surface area contributed by atoms with Crippen molar-refractivity contribution in [2.45, 2.75) is 0 Å². The van der Waals surface area contributed by atoms with Gasteiger partial charge >= 0.3 is 0 Å². The smallest absolute Gasteiger partial charge is 0.113 e. The van der Waals surface area contributed by atoms with E-state index in [2.05, 4.69) is 34.6 Å². The van der Waals surface area contributed by atoms with E-state index in [1.807, 2.05) is 65.3 Å². The quantitative estimate of drug-likeness (QED) is 0.381. The zero-order chi connectivity index (χ0) is 17.1. The minimum Gasteiger partial charge on any atom is -0.212 e. The molecule has 0 aliphatic rings. The van der Waals surface area contributed by atoms with E-state index in [-0.39, 0.29) is 0 Å². The molecule has 0 unspecified atom stereocenters. The number of alkyl halides is 1. The van der Waals surface area contributed by atoms with Crippen molar-refractivity contribution < 1.29 is 0 Å². The zero-order valence-electron chi connectivity index (χ0n) is 13.5. The molecule has 3 nitrogen and oxygen atoms in total. The van der Waals surface area contributed by atoms with Crippen LogP contribution in [-0.4, -0.2) is 20.9 Å². The summed E-state index contributed by atoms with van der Waals surface area (Å²) in [7, 11) is 0. The van der Waals surface area contributed by atoms with Gasteiger partial charge in [0.25, 0.3) is 0 Å². The number of fused-ring (bicyclic) bond motifs is 1. The Balaban J connectivity index is 2.05. The minimum atomic E-state index is 0.377. The summed E-state index contributed by atoms with van der Waals surface area (Å²) in [6, 6.07) is 28.3. The molecule has 0 bridgehead atoms. The first-order valence-corrected chi connectivity index (χ1v) is 8.62. The molecule has 0 aliphatic heterocycles. The van der Waals surface area contributed by atoms with Gasteiger partial charge in [-0.25, -0.2) is 4.68 Å². The molecule has 0 saturated heterocycles. The van der Waals surface area contributed by atoms with Gasteiger partial charge < -0.3 is 0 Å². The van der Waals surface area contributed by atoms with Crippen LogP contribution in [0.1, 0.15) is 11.1 Å². The molecule has 0 saturated carbocycles. The van der Waals surface area contributed by atoms with Crippen LogP contribution in [-0.2, 0) is 0 Å². The number of halogens is 1. The molecule has 0 N–H and O–H groups in total. The number of benzene rings is 3. The Morgan fingerprint density at radius 3 is 2.04 bits per heavy atom. The Kier molecular flexibility index (Phi) is 4.32. The molecule has 0 fully saturated rings. The van der Waals surface area contributed by atoms with Crippen molar-refractivity contribution in [3.63, 3.8) is 0 Å². The van der Waals surface area contributed by atoms with E-state index in [9.17, 15) is 0 Å². The highest BCUT2D eigenvalue weighted by Crippen LogP contribution is 2.30. The molecule has 0 atom stereocenters. The van der Waals surface area contributed by atoms with Gasteiger partial charge in [-0.1, -0.05) is 78.0 Å². The van der Waals surface area contributed by atoms with Gasteiger partial charge in [0.2, 0.25) is 0 Å². The van der Waals surface area contributed by atoms with Gasteiger partial charge in [0.15, 0.2) is 0 Å². The second-order valence-corrected chi connectivity index (χ2v) is 5.95. The number of rotatable bonds is 4. The second kappa shape index (κ2) is 6.91. The molecule has 0 aliphatic carbocycles. The third kappa shape index (κ3) is 2.94. The number of hydrogen-bond donors (Lipinski definition) is 0. The SMILES string of the molecule is ClC/C(=C(\c1ccccc1)n1nnc2ccccc21)c1ccccc1. The Morgan fingerprint density at radius 2 is 1.36 bits per heavy atom. The molecule has 4 heteroatoms. The average Bonchev–Trinajstić information content (AvgIpc) is 3.11. The van der Waals surface area contributed by atoms with E-state index in [0.29, 0.717) is 5.88 Å². The van der Waals surface area contributed by atoms with Gasteiger partial charge in [0.05, 0.1) is 17.1 Å². The molecule has 1 heterocycles. The number of aromatic nitrogens is 3. The van der Waals surface area contributed by atoms with E-state index in [1.54, 1.807) is 0 Å². The van der Waals surface area contributed by atoms with Crippen LogP contribution in [0.2, 0.25) is 0 Å². The standard InChI is InChI=1S/C21H16ClN3/c22-15-18(16-9-3-1-4-10-16)21(17-11-5-2-6-12-17)25-20-14-8-7-13-19(20)23-24-25/h1-14H,15H2/b21-18-. The fourth-order valence-electron chi connectivity index (χ4n) is 2.97. The van der Waals surface area contributed by atoms with Crippen LogP contribution in [0.5, 0.6) is 0 Å². The van der Waals surface area contributed by atoms with Crippen LogP contribution in [0.25, 0.3) is 22.3 Å². The minimum absolute atomic E-state index is 0.377. The lowest BCUT2D eigenvalue weighted by Crippen LogP contribution is -2.06. The van der Waals surface area contributed by atoms with Gasteiger partial charge in [-0.3, -0.25) is 0 Å². The van der Waals surface area contributed by atoms with Crippen molar-refractivity contribution in [3.8, 4) is 0 Å². The largest absolute Gasteiger partial charge is 0.212 e. The summed E-state index contributed by atoms with van der Waals surface area (Å²) in [5.41, 5.74) is 5.92. The molecule has 1 aromatic heterocycles. The van der Waals surface area contributed by atoms with Crippen molar-refractivity contribution in [2.24, 2.45) is 0 Å². The first-order valence-electron chi connectivity index (χ1n) is 8.09. The van der Waals surface area contributed by atoms with Crippen LogP contribution in [0.3, 0.4) is 0 Å². The highest BCUT2D eigenvalue weighted by atomic mass is 35.5. The summed E-state index contributed by atoms with van der Waals surface area (Å²) >= 11 is 6.40. The fourth-order valence-corrected chi connectivity index (χ4v) is 3.25. The van der Waals surface area contributed by atoms with Gasteiger partial charge in [-0.2, -0.15) is 0 Å². The van der Waals surface area contributed by atoms with E-state index < -0.39 is 0 Å². The van der Waals surface area contributed by atoms with Crippen LogP contribution >= 0.6 is 11.6 Å². The van der Waals surface area contributed by atoms with Crippen molar-refractivity contribution in [1.29, 1.82) is 0 Å². The van der Waals surface area contributed by atoms with Crippen molar-refractivity contribution in [2.75, 3.05) is 5.88 Å². The van der Waals surface area contributed by atoms with Crippen LogP contribution in [0, 0.1) is 0 Å². The summed E-state index contributed by atoms with van der Waals surface area (Å²) < 4.78 is 1.88. The van der Waals surface area contributed by atoms with Gasteiger partial charge in [-0.15, -0.1) is 16.7 Å².